The molecule has 9 nitrogen and oxygen atoms in total. The lowest BCUT2D eigenvalue weighted by Gasteiger charge is -2.35. The first-order valence-corrected chi connectivity index (χ1v) is 9.47. The first-order valence-electron chi connectivity index (χ1n) is 8.65. The topological polar surface area (TPSA) is 120 Å². The van der Waals surface area contributed by atoms with Crippen LogP contribution in [0.4, 0.5) is 11.8 Å². The zero-order valence-corrected chi connectivity index (χ0v) is 15.3. The summed E-state index contributed by atoms with van der Waals surface area (Å²) in [6.45, 7) is 3.42. The van der Waals surface area contributed by atoms with E-state index in [1.807, 2.05) is 6.07 Å². The fourth-order valence-electron chi connectivity index (χ4n) is 3.17. The lowest BCUT2D eigenvalue weighted by molar-refractivity contribution is -0.182. The molecule has 2 saturated heterocycles. The molecule has 10 heteroatoms. The van der Waals surface area contributed by atoms with Gasteiger partial charge in [-0.3, -0.25) is 0 Å². The summed E-state index contributed by atoms with van der Waals surface area (Å²) in [5, 5.41) is 11.6. The molecule has 0 atom stereocenters. The number of aliphatic hydroxyl groups is 1. The number of anilines is 2. The Morgan fingerprint density at radius 1 is 1.11 bits per heavy atom. The average molecular weight is 386 g/mol. The molecule has 27 heavy (non-hydrogen) atoms. The maximum absolute atomic E-state index is 10.7. The third-order valence-electron chi connectivity index (χ3n) is 4.75. The number of nitrogen functional groups attached to an aromatic ring is 1. The standard InChI is InChI=1S/C17H18N6O3S/c18-16-19-6-10(7-20-16)13-21-14(23-1-3-25-4-2-23)11-5-12(27-15(11)22-13)17(24)8-26-9-17/h5-7,24H,1-4,8-9H2,(H2,18,19,20). The molecule has 2 fully saturated rings. The minimum Gasteiger partial charge on any atom is -0.379 e. The molecule has 0 radical (unpaired) electrons. The van der Waals surface area contributed by atoms with Crippen LogP contribution in [-0.2, 0) is 15.1 Å². The molecule has 2 aliphatic rings. The van der Waals surface area contributed by atoms with Crippen molar-refractivity contribution in [2.75, 3.05) is 50.2 Å². The van der Waals surface area contributed by atoms with E-state index in [0.717, 1.165) is 34.0 Å². The summed E-state index contributed by atoms with van der Waals surface area (Å²) in [6, 6.07) is 1.98. The van der Waals surface area contributed by atoms with Gasteiger partial charge >= 0.3 is 0 Å². The van der Waals surface area contributed by atoms with E-state index in [4.69, 9.17) is 25.2 Å². The number of hydrogen-bond donors (Lipinski definition) is 2. The number of nitrogens with two attached hydrogens (primary N) is 1. The number of thiophene rings is 1. The predicted octanol–water partition coefficient (Wildman–Crippen LogP) is 0.785. The van der Waals surface area contributed by atoms with Gasteiger partial charge in [0.15, 0.2) is 5.82 Å². The van der Waals surface area contributed by atoms with Crippen molar-refractivity contribution >= 4 is 33.3 Å². The second-order valence-corrected chi connectivity index (χ2v) is 7.68. The second kappa shape index (κ2) is 6.34. The molecule has 0 unspecified atom stereocenters. The summed E-state index contributed by atoms with van der Waals surface area (Å²) in [7, 11) is 0. The van der Waals surface area contributed by atoms with Crippen LogP contribution in [0.15, 0.2) is 18.5 Å². The molecule has 5 rings (SSSR count). The molecule has 140 valence electrons. The van der Waals surface area contributed by atoms with E-state index in [1.165, 1.54) is 11.3 Å². The van der Waals surface area contributed by atoms with Gasteiger partial charge < -0.3 is 25.2 Å². The highest BCUT2D eigenvalue weighted by atomic mass is 32.1. The van der Waals surface area contributed by atoms with Crippen molar-refractivity contribution in [3.8, 4) is 11.4 Å². The van der Waals surface area contributed by atoms with Crippen LogP contribution in [0.25, 0.3) is 21.6 Å². The van der Waals surface area contributed by atoms with Gasteiger partial charge in [0, 0.05) is 30.4 Å². The van der Waals surface area contributed by atoms with Crippen LogP contribution in [0.1, 0.15) is 4.88 Å². The lowest BCUT2D eigenvalue weighted by Crippen LogP contribution is -2.45. The van der Waals surface area contributed by atoms with Crippen LogP contribution >= 0.6 is 11.3 Å². The molecule has 3 aromatic heterocycles. The summed E-state index contributed by atoms with van der Waals surface area (Å²) in [5.41, 5.74) is 5.36. The fourth-order valence-corrected chi connectivity index (χ4v) is 4.26. The largest absolute Gasteiger partial charge is 0.379 e. The van der Waals surface area contributed by atoms with Crippen molar-refractivity contribution in [2.24, 2.45) is 0 Å². The Labute approximate surface area is 158 Å². The Morgan fingerprint density at radius 3 is 2.52 bits per heavy atom. The fraction of sp³-hybridized carbons (Fsp3) is 0.412. The Kier molecular flexibility index (Phi) is 3.93. The molecule has 0 bridgehead atoms. The summed E-state index contributed by atoms with van der Waals surface area (Å²) >= 11 is 1.47. The first-order chi connectivity index (χ1) is 13.1. The Balaban J connectivity index is 1.66. The van der Waals surface area contributed by atoms with Crippen LogP contribution in [-0.4, -0.2) is 64.6 Å². The molecule has 5 heterocycles. The number of nitrogens with zero attached hydrogens (tertiary/aromatic N) is 5. The third-order valence-corrected chi connectivity index (χ3v) is 5.98. The SMILES string of the molecule is Nc1ncc(-c2nc(N3CCOCC3)c3cc(C4(O)COC4)sc3n2)cn1. The zero-order chi connectivity index (χ0) is 18.4. The Bertz CT molecular complexity index is 982. The van der Waals surface area contributed by atoms with Crippen LogP contribution in [0.5, 0.6) is 0 Å². The molecular formula is C17H18N6O3S. The number of ether oxygens (including phenoxy) is 2. The Morgan fingerprint density at radius 2 is 1.85 bits per heavy atom. The number of rotatable bonds is 3. The van der Waals surface area contributed by atoms with Crippen molar-refractivity contribution in [1.29, 1.82) is 0 Å². The van der Waals surface area contributed by atoms with Crippen LogP contribution in [0.2, 0.25) is 0 Å². The van der Waals surface area contributed by atoms with Gasteiger partial charge in [0.05, 0.1) is 37.4 Å². The summed E-state index contributed by atoms with van der Waals surface area (Å²) in [5.74, 6) is 1.58. The van der Waals surface area contributed by atoms with Crippen LogP contribution in [0, 0.1) is 0 Å². The highest BCUT2D eigenvalue weighted by molar-refractivity contribution is 7.18. The van der Waals surface area contributed by atoms with Crippen molar-refractivity contribution in [3.05, 3.63) is 23.3 Å². The quantitative estimate of drug-likeness (QED) is 0.673. The van der Waals surface area contributed by atoms with Gasteiger partial charge in [-0.2, -0.15) is 0 Å². The van der Waals surface area contributed by atoms with Gasteiger partial charge in [-0.25, -0.2) is 19.9 Å². The maximum atomic E-state index is 10.7. The molecular weight excluding hydrogens is 368 g/mol. The molecule has 0 aromatic carbocycles. The summed E-state index contributed by atoms with van der Waals surface area (Å²) in [6.07, 6.45) is 3.24. The summed E-state index contributed by atoms with van der Waals surface area (Å²) in [4.78, 5) is 21.4. The second-order valence-electron chi connectivity index (χ2n) is 6.65. The van der Waals surface area contributed by atoms with E-state index in [9.17, 15) is 5.11 Å². The lowest BCUT2D eigenvalue weighted by atomic mass is 10.0. The van der Waals surface area contributed by atoms with Gasteiger partial charge in [0.25, 0.3) is 0 Å². The highest BCUT2D eigenvalue weighted by Gasteiger charge is 2.40. The van der Waals surface area contributed by atoms with Gasteiger partial charge in [-0.1, -0.05) is 0 Å². The number of aromatic nitrogens is 4. The molecule has 2 aliphatic heterocycles. The maximum Gasteiger partial charge on any atom is 0.219 e. The van der Waals surface area contributed by atoms with E-state index >= 15 is 0 Å². The Hall–Kier alpha value is -2.40. The monoisotopic (exact) mass is 386 g/mol. The van der Waals surface area contributed by atoms with Crippen LogP contribution < -0.4 is 10.6 Å². The average Bonchev–Trinajstić information content (AvgIpc) is 3.11. The number of morpholine rings is 1. The van der Waals surface area contributed by atoms with Crippen molar-refractivity contribution in [1.82, 2.24) is 19.9 Å². The molecule has 0 spiro atoms. The molecule has 0 aliphatic carbocycles. The molecule has 0 saturated carbocycles. The third kappa shape index (κ3) is 2.90. The minimum atomic E-state index is -0.932. The van der Waals surface area contributed by atoms with Gasteiger partial charge in [0.1, 0.15) is 16.2 Å². The first kappa shape index (κ1) is 16.8. The van der Waals surface area contributed by atoms with Gasteiger partial charge in [0.2, 0.25) is 5.95 Å². The normalized spacial score (nSPS) is 19.2. The molecule has 3 N–H and O–H groups in total. The zero-order valence-electron chi connectivity index (χ0n) is 14.5. The molecule has 0 amide bonds. The van der Waals surface area contributed by atoms with E-state index in [1.54, 1.807) is 12.4 Å². The van der Waals surface area contributed by atoms with E-state index < -0.39 is 5.60 Å². The predicted molar refractivity (Wildman–Crippen MR) is 101 cm³/mol. The minimum absolute atomic E-state index is 0.207. The highest BCUT2D eigenvalue weighted by Crippen LogP contribution is 2.40. The van der Waals surface area contributed by atoms with Crippen LogP contribution in [0.3, 0.4) is 0 Å². The smallest absolute Gasteiger partial charge is 0.219 e. The number of hydrogen-bond acceptors (Lipinski definition) is 10. The van der Waals surface area contributed by atoms with Gasteiger partial charge in [-0.05, 0) is 6.07 Å². The number of fused-ring (bicyclic) bond motifs is 1. The molecule has 3 aromatic rings. The van der Waals surface area contributed by atoms with E-state index in [-0.39, 0.29) is 5.95 Å². The summed E-state index contributed by atoms with van der Waals surface area (Å²) < 4.78 is 10.7. The van der Waals surface area contributed by atoms with Crippen molar-refractivity contribution < 1.29 is 14.6 Å². The van der Waals surface area contributed by atoms with Gasteiger partial charge in [-0.15, -0.1) is 11.3 Å². The van der Waals surface area contributed by atoms with E-state index in [0.29, 0.717) is 37.8 Å². The van der Waals surface area contributed by atoms with Crippen molar-refractivity contribution in [3.63, 3.8) is 0 Å². The van der Waals surface area contributed by atoms with Crippen molar-refractivity contribution in [2.45, 2.75) is 5.60 Å². The van der Waals surface area contributed by atoms with E-state index in [2.05, 4.69) is 14.9 Å².